The second-order valence-corrected chi connectivity index (χ2v) is 6.47. The van der Waals surface area contributed by atoms with Crippen molar-refractivity contribution >= 4 is 33.9 Å². The maximum Gasteiger partial charge on any atom is 0.245 e. The molecule has 0 unspecified atom stereocenters. The number of hydrogen-bond donors (Lipinski definition) is 4. The van der Waals surface area contributed by atoms with Gasteiger partial charge >= 0.3 is 0 Å². The summed E-state index contributed by atoms with van der Waals surface area (Å²) in [6.07, 6.45) is 5.98. The van der Waals surface area contributed by atoms with E-state index in [1.165, 1.54) is 0 Å². The third-order valence-corrected chi connectivity index (χ3v) is 4.81. The topological polar surface area (TPSA) is 126 Å². The lowest BCUT2D eigenvalue weighted by atomic mass is 9.90. The Morgan fingerprint density at radius 3 is 2.81 bits per heavy atom. The van der Waals surface area contributed by atoms with E-state index in [1.807, 2.05) is 36.5 Å². The summed E-state index contributed by atoms with van der Waals surface area (Å²) in [6, 6.07) is 11.8. The summed E-state index contributed by atoms with van der Waals surface area (Å²) < 4.78 is 0. The number of aromatic nitrogens is 4. The molecule has 0 radical (unpaired) electrons. The van der Waals surface area contributed by atoms with Crippen molar-refractivity contribution in [3.8, 4) is 0 Å². The Kier molecular flexibility index (Phi) is 4.43. The third-order valence-electron chi connectivity index (χ3n) is 4.81. The molecule has 136 valence electrons. The summed E-state index contributed by atoms with van der Waals surface area (Å²) >= 11 is 0. The normalized spacial score (nSPS) is 13.3. The smallest absolute Gasteiger partial charge is 0.245 e. The van der Waals surface area contributed by atoms with Gasteiger partial charge in [-0.05, 0) is 42.8 Å². The van der Waals surface area contributed by atoms with Gasteiger partial charge in [0.25, 0.3) is 0 Å². The Labute approximate surface area is 155 Å². The van der Waals surface area contributed by atoms with Gasteiger partial charge in [-0.3, -0.25) is 9.89 Å². The van der Waals surface area contributed by atoms with Gasteiger partial charge in [0.2, 0.25) is 5.91 Å². The van der Waals surface area contributed by atoms with Crippen molar-refractivity contribution in [1.82, 2.24) is 20.2 Å². The van der Waals surface area contributed by atoms with Crippen LogP contribution in [-0.2, 0) is 11.2 Å². The van der Waals surface area contributed by atoms with Gasteiger partial charge in [0.15, 0.2) is 5.65 Å². The number of nitrogens with two attached hydrogens (primary N) is 2. The Morgan fingerprint density at radius 2 is 2.00 bits per heavy atom. The number of carbonyl (C=O) groups excluding carboxylic acids is 1. The number of nitrogens with zero attached hydrogens (tertiary/aromatic N) is 2. The van der Waals surface area contributed by atoms with Crippen LogP contribution in [0.25, 0.3) is 28.0 Å². The molecule has 7 nitrogen and oxygen atoms in total. The van der Waals surface area contributed by atoms with Crippen LogP contribution >= 0.6 is 0 Å². The van der Waals surface area contributed by atoms with E-state index in [0.29, 0.717) is 29.9 Å². The lowest BCUT2D eigenvalue weighted by molar-refractivity contribution is -0.115. The van der Waals surface area contributed by atoms with E-state index >= 15 is 0 Å². The predicted octanol–water partition coefficient (Wildman–Crippen LogP) is 2.13. The van der Waals surface area contributed by atoms with Crippen molar-refractivity contribution in [3.63, 3.8) is 0 Å². The van der Waals surface area contributed by atoms with Crippen molar-refractivity contribution in [2.75, 3.05) is 6.54 Å². The second kappa shape index (κ2) is 7.05. The fourth-order valence-electron chi connectivity index (χ4n) is 3.41. The van der Waals surface area contributed by atoms with Crippen LogP contribution in [0.2, 0.25) is 0 Å². The molecule has 7 heteroatoms. The van der Waals surface area contributed by atoms with Gasteiger partial charge in [0.1, 0.15) is 0 Å². The summed E-state index contributed by atoms with van der Waals surface area (Å²) in [6.45, 7) is 0.304. The average molecular weight is 360 g/mol. The number of rotatable bonds is 6. The number of benzene rings is 1. The van der Waals surface area contributed by atoms with E-state index < -0.39 is 5.91 Å². The maximum absolute atomic E-state index is 12.2. The highest BCUT2D eigenvalue weighted by Crippen LogP contribution is 2.25. The number of primary amides is 1. The van der Waals surface area contributed by atoms with Gasteiger partial charge in [-0.25, -0.2) is 4.98 Å². The predicted molar refractivity (Wildman–Crippen MR) is 106 cm³/mol. The first-order chi connectivity index (χ1) is 13.2. The number of carbonyl (C=O) groups is 1. The minimum Gasteiger partial charge on any atom is -0.366 e. The summed E-state index contributed by atoms with van der Waals surface area (Å²) in [5.41, 5.74) is 15.6. The minimum absolute atomic E-state index is 0.211. The van der Waals surface area contributed by atoms with E-state index in [9.17, 15) is 4.79 Å². The number of H-pyrrole nitrogens is 2. The number of pyridine rings is 1. The molecule has 0 fully saturated rings. The molecule has 4 aromatic rings. The largest absolute Gasteiger partial charge is 0.366 e. The molecule has 0 saturated carbocycles. The van der Waals surface area contributed by atoms with Gasteiger partial charge in [0.05, 0.1) is 5.69 Å². The highest BCUT2D eigenvalue weighted by molar-refractivity contribution is 5.99. The number of nitrogens with one attached hydrogen (secondary N) is 2. The molecule has 27 heavy (non-hydrogen) atoms. The van der Waals surface area contributed by atoms with Crippen LogP contribution in [0.5, 0.6) is 0 Å². The van der Waals surface area contributed by atoms with Crippen LogP contribution in [0, 0.1) is 5.92 Å². The number of fused-ring (bicyclic) bond motifs is 2. The highest BCUT2D eigenvalue weighted by Gasteiger charge is 2.21. The van der Waals surface area contributed by atoms with E-state index in [1.54, 1.807) is 12.3 Å². The molecule has 0 bridgehead atoms. The van der Waals surface area contributed by atoms with E-state index in [2.05, 4.69) is 26.2 Å². The summed E-state index contributed by atoms with van der Waals surface area (Å²) in [4.78, 5) is 19.6. The molecule has 0 aliphatic heterocycles. The Balaban J connectivity index is 1.72. The molecule has 1 amide bonds. The van der Waals surface area contributed by atoms with E-state index in [4.69, 9.17) is 11.5 Å². The zero-order valence-corrected chi connectivity index (χ0v) is 14.6. The molecule has 0 aliphatic carbocycles. The molecule has 0 spiro atoms. The molecule has 3 heterocycles. The van der Waals surface area contributed by atoms with Crippen molar-refractivity contribution in [2.45, 2.75) is 6.42 Å². The van der Waals surface area contributed by atoms with Crippen molar-refractivity contribution in [1.29, 1.82) is 0 Å². The van der Waals surface area contributed by atoms with Crippen LogP contribution < -0.4 is 11.5 Å². The van der Waals surface area contributed by atoms with Crippen molar-refractivity contribution in [3.05, 3.63) is 65.6 Å². The average Bonchev–Trinajstić information content (AvgIpc) is 3.28. The fourth-order valence-corrected chi connectivity index (χ4v) is 3.41. The summed E-state index contributed by atoms with van der Waals surface area (Å²) in [5.74, 6) is -0.700. The highest BCUT2D eigenvalue weighted by atomic mass is 16.1. The van der Waals surface area contributed by atoms with Gasteiger partial charge in [-0.15, -0.1) is 0 Å². The van der Waals surface area contributed by atoms with Crippen molar-refractivity contribution < 1.29 is 4.79 Å². The Morgan fingerprint density at radius 1 is 1.19 bits per heavy atom. The lowest BCUT2D eigenvalue weighted by Gasteiger charge is -2.16. The van der Waals surface area contributed by atoms with Gasteiger partial charge in [-0.1, -0.05) is 18.2 Å². The number of para-hydroxylation sites is 1. The first-order valence-electron chi connectivity index (χ1n) is 8.73. The summed E-state index contributed by atoms with van der Waals surface area (Å²) in [7, 11) is 0. The Hall–Kier alpha value is -3.45. The molecule has 3 aromatic heterocycles. The molecular weight excluding hydrogens is 340 g/mol. The first-order valence-corrected chi connectivity index (χ1v) is 8.73. The zero-order valence-electron chi connectivity index (χ0n) is 14.6. The number of hydrogen-bond acceptors (Lipinski definition) is 4. The van der Waals surface area contributed by atoms with Crippen LogP contribution in [0.4, 0.5) is 0 Å². The molecule has 4 rings (SSSR count). The van der Waals surface area contributed by atoms with Crippen LogP contribution in [0.15, 0.2) is 54.4 Å². The van der Waals surface area contributed by atoms with Crippen LogP contribution in [0.3, 0.4) is 0 Å². The lowest BCUT2D eigenvalue weighted by Crippen LogP contribution is -2.27. The molecular formula is C20H20N6O. The minimum atomic E-state index is -0.489. The van der Waals surface area contributed by atoms with E-state index in [0.717, 1.165) is 21.9 Å². The van der Waals surface area contributed by atoms with Gasteiger partial charge in [-0.2, -0.15) is 5.10 Å². The maximum atomic E-state index is 12.2. The second-order valence-electron chi connectivity index (χ2n) is 6.47. The molecule has 1 aromatic carbocycles. The SMILES string of the molecule is NC[C@@H](Cc1c[nH]c2ccccc12)C(=Cc1[nH]nc2ncccc12)C(N)=O. The fraction of sp³-hybridized carbons (Fsp3) is 0.150. The molecule has 0 saturated heterocycles. The van der Waals surface area contributed by atoms with E-state index in [-0.39, 0.29) is 5.92 Å². The monoisotopic (exact) mass is 360 g/mol. The third kappa shape index (κ3) is 3.20. The summed E-state index contributed by atoms with van der Waals surface area (Å²) in [5, 5.41) is 9.04. The van der Waals surface area contributed by atoms with Gasteiger partial charge < -0.3 is 16.5 Å². The molecule has 0 aliphatic rings. The van der Waals surface area contributed by atoms with Crippen LogP contribution in [0.1, 0.15) is 11.3 Å². The zero-order chi connectivity index (χ0) is 18.8. The molecule has 6 N–H and O–H groups in total. The van der Waals surface area contributed by atoms with Crippen LogP contribution in [-0.4, -0.2) is 32.6 Å². The first kappa shape index (κ1) is 17.0. The number of amides is 1. The molecule has 1 atom stereocenters. The van der Waals surface area contributed by atoms with Crippen molar-refractivity contribution in [2.24, 2.45) is 17.4 Å². The standard InChI is InChI=1S/C20H20N6O/c21-10-12(8-13-11-24-17-6-2-1-4-14(13)17)16(19(22)27)9-18-15-5-3-7-23-20(15)26-25-18/h1-7,9,11-12,24H,8,10,21H2,(H2,22,27)(H,23,25,26)/t12-/m1/s1. The van der Waals surface area contributed by atoms with Gasteiger partial charge in [0, 0.05) is 40.2 Å². The quantitative estimate of drug-likeness (QED) is 0.393. The number of aromatic amines is 2. The Bertz CT molecular complexity index is 1140.